The van der Waals surface area contributed by atoms with Crippen molar-refractivity contribution in [2.45, 2.75) is 38.4 Å². The van der Waals surface area contributed by atoms with E-state index in [1.807, 2.05) is 95.9 Å². The second-order valence-corrected chi connectivity index (χ2v) is 8.07. The van der Waals surface area contributed by atoms with Gasteiger partial charge in [-0.3, -0.25) is 14.5 Å². The van der Waals surface area contributed by atoms with Crippen LogP contribution in [-0.2, 0) is 38.7 Å². The van der Waals surface area contributed by atoms with Crippen LogP contribution in [0.4, 0.5) is 0 Å². The molecule has 168 valence electrons. The molecule has 1 aliphatic heterocycles. The fraction of sp³-hybridized carbons (Fsp3) is 0.222. The largest absolute Gasteiger partial charge is 0.350 e. The van der Waals surface area contributed by atoms with Crippen molar-refractivity contribution < 1.29 is 19.2 Å². The molecule has 0 spiro atoms. The Morgan fingerprint density at radius 3 is 1.61 bits per heavy atom. The van der Waals surface area contributed by atoms with Crippen molar-refractivity contribution in [2.24, 2.45) is 0 Å². The summed E-state index contributed by atoms with van der Waals surface area (Å²) in [4.78, 5) is 45.0. The number of hydrogen-bond acceptors (Lipinski definition) is 5. The highest BCUT2D eigenvalue weighted by Crippen LogP contribution is 2.20. The maximum Gasteiger partial charge on any atom is 0.350 e. The number of rotatable bonds is 9. The van der Waals surface area contributed by atoms with Gasteiger partial charge in [0.15, 0.2) is 0 Å². The first-order valence-electron chi connectivity index (χ1n) is 11.0. The molecule has 2 amide bonds. The van der Waals surface area contributed by atoms with Gasteiger partial charge >= 0.3 is 5.97 Å². The summed E-state index contributed by atoms with van der Waals surface area (Å²) in [6.07, 6.45) is 0.510. The fourth-order valence-electron chi connectivity index (χ4n) is 3.92. The second kappa shape index (κ2) is 10.7. The molecular weight excluding hydrogens is 416 g/mol. The van der Waals surface area contributed by atoms with Crippen LogP contribution in [0.25, 0.3) is 0 Å². The Kier molecular flexibility index (Phi) is 7.27. The van der Waals surface area contributed by atoms with E-state index < -0.39 is 23.8 Å². The van der Waals surface area contributed by atoms with Crippen molar-refractivity contribution in [3.63, 3.8) is 0 Å². The zero-order chi connectivity index (χ0) is 23.0. The summed E-state index contributed by atoms with van der Waals surface area (Å²) in [5.74, 6) is -1.58. The molecule has 6 heteroatoms. The van der Waals surface area contributed by atoms with E-state index in [9.17, 15) is 14.4 Å². The van der Waals surface area contributed by atoms with Crippen LogP contribution in [0.5, 0.6) is 0 Å². The summed E-state index contributed by atoms with van der Waals surface area (Å²) < 4.78 is 0. The SMILES string of the molecule is O=C(ON1C(=O)CCC1=O)[C@H](Cc1ccccc1)N(Cc1ccccc1)Cc1ccccc1. The van der Waals surface area contributed by atoms with Crippen LogP contribution in [0.2, 0.25) is 0 Å². The van der Waals surface area contributed by atoms with Crippen LogP contribution in [0, 0.1) is 0 Å². The lowest BCUT2D eigenvalue weighted by Gasteiger charge is -2.31. The predicted octanol–water partition coefficient (Wildman–Crippen LogP) is 3.91. The molecule has 0 saturated carbocycles. The van der Waals surface area contributed by atoms with E-state index in [-0.39, 0.29) is 12.8 Å². The zero-order valence-corrected chi connectivity index (χ0v) is 18.3. The highest BCUT2D eigenvalue weighted by atomic mass is 16.7. The smallest absolute Gasteiger partial charge is 0.329 e. The molecule has 1 heterocycles. The Morgan fingerprint density at radius 1 is 0.727 bits per heavy atom. The summed E-state index contributed by atoms with van der Waals surface area (Å²) in [5.41, 5.74) is 3.06. The lowest BCUT2D eigenvalue weighted by Crippen LogP contribution is -2.46. The molecule has 0 bridgehead atoms. The summed E-state index contributed by atoms with van der Waals surface area (Å²) in [7, 11) is 0. The van der Waals surface area contributed by atoms with Crippen LogP contribution in [0.3, 0.4) is 0 Å². The molecule has 3 aromatic carbocycles. The van der Waals surface area contributed by atoms with Crippen LogP contribution in [0.1, 0.15) is 29.5 Å². The average Bonchev–Trinajstić information content (AvgIpc) is 3.16. The Labute approximate surface area is 193 Å². The Balaban J connectivity index is 1.65. The third-order valence-electron chi connectivity index (χ3n) is 5.63. The minimum absolute atomic E-state index is 0.0627. The molecule has 33 heavy (non-hydrogen) atoms. The second-order valence-electron chi connectivity index (χ2n) is 8.07. The highest BCUT2D eigenvalue weighted by Gasteiger charge is 2.36. The molecule has 0 unspecified atom stereocenters. The highest BCUT2D eigenvalue weighted by molar-refractivity contribution is 6.01. The number of imide groups is 1. The monoisotopic (exact) mass is 442 g/mol. The molecule has 4 rings (SSSR count). The standard InChI is InChI=1S/C27H26N2O4/c30-25-16-17-26(31)29(25)33-27(32)24(18-21-10-4-1-5-11-21)28(19-22-12-6-2-7-13-22)20-23-14-8-3-9-15-23/h1-15,24H,16-20H2/t24-/m0/s1. The van der Waals surface area contributed by atoms with E-state index in [2.05, 4.69) is 0 Å². The van der Waals surface area contributed by atoms with Crippen LogP contribution in [-0.4, -0.2) is 33.8 Å². The van der Waals surface area contributed by atoms with E-state index in [1.165, 1.54) is 0 Å². The third kappa shape index (κ3) is 5.93. The maximum absolute atomic E-state index is 13.4. The number of nitrogens with zero attached hydrogens (tertiary/aromatic N) is 2. The van der Waals surface area contributed by atoms with E-state index in [4.69, 9.17) is 4.84 Å². The predicted molar refractivity (Wildman–Crippen MR) is 123 cm³/mol. The molecule has 3 aromatic rings. The molecule has 1 atom stereocenters. The van der Waals surface area contributed by atoms with Gasteiger partial charge in [0, 0.05) is 25.9 Å². The van der Waals surface area contributed by atoms with E-state index in [0.29, 0.717) is 24.6 Å². The molecule has 0 aromatic heterocycles. The number of carbonyl (C=O) groups is 3. The van der Waals surface area contributed by atoms with Gasteiger partial charge in [0.05, 0.1) is 0 Å². The topological polar surface area (TPSA) is 66.9 Å². The third-order valence-corrected chi connectivity index (χ3v) is 5.63. The van der Waals surface area contributed by atoms with E-state index >= 15 is 0 Å². The van der Waals surface area contributed by atoms with Crippen molar-refractivity contribution in [1.82, 2.24) is 9.96 Å². The van der Waals surface area contributed by atoms with Crippen molar-refractivity contribution >= 4 is 17.8 Å². The molecule has 0 N–H and O–H groups in total. The van der Waals surface area contributed by atoms with Crippen LogP contribution >= 0.6 is 0 Å². The quantitative estimate of drug-likeness (QED) is 0.470. The Bertz CT molecular complexity index is 1030. The van der Waals surface area contributed by atoms with Gasteiger partial charge in [0.2, 0.25) is 0 Å². The van der Waals surface area contributed by atoms with Gasteiger partial charge in [-0.2, -0.15) is 0 Å². The van der Waals surface area contributed by atoms with Crippen LogP contribution in [0.15, 0.2) is 91.0 Å². The molecule has 0 radical (unpaired) electrons. The van der Waals surface area contributed by atoms with E-state index in [1.54, 1.807) is 0 Å². The number of hydrogen-bond donors (Lipinski definition) is 0. The molecule has 1 saturated heterocycles. The number of benzene rings is 3. The molecule has 1 fully saturated rings. The molecule has 1 aliphatic rings. The normalized spacial score (nSPS) is 14.5. The van der Waals surface area contributed by atoms with Gasteiger partial charge in [0.1, 0.15) is 6.04 Å². The number of carbonyl (C=O) groups excluding carboxylic acids is 3. The number of amides is 2. The Hall–Kier alpha value is -3.77. The van der Waals surface area contributed by atoms with Crippen molar-refractivity contribution in [2.75, 3.05) is 0 Å². The minimum Gasteiger partial charge on any atom is -0.329 e. The maximum atomic E-state index is 13.4. The van der Waals surface area contributed by atoms with Gasteiger partial charge < -0.3 is 4.84 Å². The van der Waals surface area contributed by atoms with Crippen molar-refractivity contribution in [1.29, 1.82) is 0 Å². The summed E-state index contributed by atoms with van der Waals surface area (Å²) in [6, 6.07) is 28.8. The van der Waals surface area contributed by atoms with Gasteiger partial charge in [-0.25, -0.2) is 4.79 Å². The number of hydroxylamine groups is 2. The van der Waals surface area contributed by atoms with Crippen molar-refractivity contribution in [3.8, 4) is 0 Å². The summed E-state index contributed by atoms with van der Waals surface area (Å²) >= 11 is 0. The molecular formula is C27H26N2O4. The first-order chi connectivity index (χ1) is 16.1. The molecule has 0 aliphatic carbocycles. The zero-order valence-electron chi connectivity index (χ0n) is 18.3. The van der Waals surface area contributed by atoms with Crippen LogP contribution < -0.4 is 0 Å². The Morgan fingerprint density at radius 2 is 1.15 bits per heavy atom. The van der Waals surface area contributed by atoms with Gasteiger partial charge in [0.25, 0.3) is 11.8 Å². The lowest BCUT2D eigenvalue weighted by atomic mass is 10.0. The first kappa shape index (κ1) is 22.4. The van der Waals surface area contributed by atoms with Crippen molar-refractivity contribution in [3.05, 3.63) is 108 Å². The molecule has 6 nitrogen and oxygen atoms in total. The first-order valence-corrected chi connectivity index (χ1v) is 11.0. The fourth-order valence-corrected chi connectivity index (χ4v) is 3.92. The lowest BCUT2D eigenvalue weighted by molar-refractivity contribution is -0.201. The minimum atomic E-state index is -0.700. The average molecular weight is 443 g/mol. The van der Waals surface area contributed by atoms with Gasteiger partial charge in [-0.1, -0.05) is 91.0 Å². The summed E-state index contributed by atoms with van der Waals surface area (Å²) in [5, 5.41) is 0.629. The van der Waals surface area contributed by atoms with Gasteiger partial charge in [-0.05, 0) is 23.1 Å². The summed E-state index contributed by atoms with van der Waals surface area (Å²) in [6.45, 7) is 1.01. The van der Waals surface area contributed by atoms with Gasteiger partial charge in [-0.15, -0.1) is 5.06 Å². The van der Waals surface area contributed by atoms with E-state index in [0.717, 1.165) is 16.7 Å².